The van der Waals surface area contributed by atoms with Crippen molar-refractivity contribution in [2.45, 2.75) is 32.9 Å². The van der Waals surface area contributed by atoms with Gasteiger partial charge < -0.3 is 10.1 Å². The van der Waals surface area contributed by atoms with Crippen LogP contribution in [0.2, 0.25) is 0 Å². The molecule has 1 aromatic carbocycles. The Morgan fingerprint density at radius 1 is 1.30 bits per heavy atom. The molecule has 0 aliphatic heterocycles. The Morgan fingerprint density at radius 3 is 2.70 bits per heavy atom. The third-order valence-corrected chi connectivity index (χ3v) is 3.70. The van der Waals surface area contributed by atoms with Crippen LogP contribution in [0.3, 0.4) is 0 Å². The summed E-state index contributed by atoms with van der Waals surface area (Å²) in [7, 11) is 0. The van der Waals surface area contributed by atoms with E-state index in [9.17, 15) is 14.9 Å². The first-order chi connectivity index (χ1) is 13.0. The van der Waals surface area contributed by atoms with Crippen LogP contribution in [0.15, 0.2) is 36.5 Å². The number of carbonyl (C=O) groups is 2. The van der Waals surface area contributed by atoms with Gasteiger partial charge in [0.25, 0.3) is 0 Å². The zero-order chi connectivity index (χ0) is 19.6. The summed E-state index contributed by atoms with van der Waals surface area (Å²) in [5.41, 5.74) is 0.996. The van der Waals surface area contributed by atoms with Gasteiger partial charge in [-0.1, -0.05) is 35.5 Å². The Kier molecular flexibility index (Phi) is 7.64. The van der Waals surface area contributed by atoms with Gasteiger partial charge in [-0.2, -0.15) is 5.26 Å². The Bertz CT molecular complexity index is 795. The smallest absolute Gasteiger partial charge is 0.245 e. The Balaban J connectivity index is 1.90. The summed E-state index contributed by atoms with van der Waals surface area (Å²) in [4.78, 5) is 24.6. The van der Waals surface area contributed by atoms with Crippen LogP contribution in [0.25, 0.3) is 0 Å². The van der Waals surface area contributed by atoms with E-state index in [2.05, 4.69) is 15.6 Å². The van der Waals surface area contributed by atoms with Gasteiger partial charge in [0, 0.05) is 13.2 Å². The highest BCUT2D eigenvalue weighted by atomic mass is 16.5. The number of benzene rings is 1. The van der Waals surface area contributed by atoms with Gasteiger partial charge in [-0.25, -0.2) is 4.68 Å². The molecule has 1 amide bonds. The van der Waals surface area contributed by atoms with E-state index in [0.29, 0.717) is 26.1 Å². The second-order valence-electron chi connectivity index (χ2n) is 6.28. The lowest BCUT2D eigenvalue weighted by Gasteiger charge is -2.10. The first-order valence-electron chi connectivity index (χ1n) is 8.78. The monoisotopic (exact) mass is 369 g/mol. The van der Waals surface area contributed by atoms with Gasteiger partial charge in [-0.05, 0) is 25.8 Å². The molecule has 1 N–H and O–H groups in total. The lowest BCUT2D eigenvalue weighted by molar-refractivity contribution is -0.122. The number of rotatable bonds is 10. The molecular formula is C19H23N5O3. The lowest BCUT2D eigenvalue weighted by Crippen LogP contribution is -2.35. The van der Waals surface area contributed by atoms with Crippen molar-refractivity contribution < 1.29 is 14.3 Å². The first-order valence-corrected chi connectivity index (χ1v) is 8.78. The normalized spacial score (nSPS) is 11.8. The molecule has 0 aliphatic carbocycles. The quantitative estimate of drug-likeness (QED) is 0.387. The predicted octanol–water partition coefficient (Wildman–Crippen LogP) is 1.58. The van der Waals surface area contributed by atoms with Crippen molar-refractivity contribution in [3.05, 3.63) is 47.8 Å². The number of carbonyl (C=O) groups excluding carboxylic acids is 2. The topological polar surface area (TPSA) is 110 Å². The van der Waals surface area contributed by atoms with E-state index in [1.807, 2.05) is 44.2 Å². The molecule has 2 rings (SSSR count). The molecule has 0 bridgehead atoms. The van der Waals surface area contributed by atoms with Crippen LogP contribution < -0.4 is 5.32 Å². The average Bonchev–Trinajstić information content (AvgIpc) is 3.11. The van der Waals surface area contributed by atoms with E-state index < -0.39 is 17.6 Å². The zero-order valence-corrected chi connectivity index (χ0v) is 15.5. The number of hydrogen-bond acceptors (Lipinski definition) is 6. The summed E-state index contributed by atoms with van der Waals surface area (Å²) in [6.07, 6.45) is 2.17. The fourth-order valence-electron chi connectivity index (χ4n) is 2.35. The Hall–Kier alpha value is -3.05. The van der Waals surface area contributed by atoms with Crippen molar-refractivity contribution in [2.24, 2.45) is 5.92 Å². The average molecular weight is 369 g/mol. The van der Waals surface area contributed by atoms with E-state index in [-0.39, 0.29) is 11.8 Å². The Morgan fingerprint density at radius 2 is 2.04 bits per heavy atom. The predicted molar refractivity (Wildman–Crippen MR) is 97.7 cm³/mol. The van der Waals surface area contributed by atoms with Crippen LogP contribution in [0.4, 0.5) is 0 Å². The Labute approximate surface area is 158 Å². The molecule has 1 aromatic heterocycles. The molecule has 8 heteroatoms. The van der Waals surface area contributed by atoms with E-state index in [1.54, 1.807) is 6.07 Å². The molecule has 0 fully saturated rings. The first kappa shape index (κ1) is 20.3. The fourth-order valence-corrected chi connectivity index (χ4v) is 2.35. The standard InChI is InChI=1S/C19H23N5O3/c1-14(2)27-10-6-9-21-19(26)16(11-20)18(25)17-13-24(23-22-17)12-15-7-4-3-5-8-15/h3-5,7-8,13-14,16H,6,9-10,12H2,1-2H3,(H,21,26). The molecule has 1 atom stereocenters. The maximum Gasteiger partial charge on any atom is 0.245 e. The molecule has 0 saturated carbocycles. The number of nitrogens with zero attached hydrogens (tertiary/aromatic N) is 4. The number of amides is 1. The van der Waals surface area contributed by atoms with E-state index in [1.165, 1.54) is 10.9 Å². The van der Waals surface area contributed by atoms with Gasteiger partial charge in [0.2, 0.25) is 11.7 Å². The summed E-state index contributed by atoms with van der Waals surface area (Å²) in [6, 6.07) is 11.3. The van der Waals surface area contributed by atoms with E-state index in [4.69, 9.17) is 4.74 Å². The maximum atomic E-state index is 12.4. The minimum Gasteiger partial charge on any atom is -0.379 e. The van der Waals surface area contributed by atoms with Crippen LogP contribution in [0.5, 0.6) is 0 Å². The summed E-state index contributed by atoms with van der Waals surface area (Å²) in [5.74, 6) is -2.74. The summed E-state index contributed by atoms with van der Waals surface area (Å²) >= 11 is 0. The zero-order valence-electron chi connectivity index (χ0n) is 15.5. The molecule has 1 unspecified atom stereocenters. The SMILES string of the molecule is CC(C)OCCCNC(=O)C(C#N)C(=O)c1cn(Cc2ccccc2)nn1. The molecule has 1 heterocycles. The van der Waals surface area contributed by atoms with E-state index in [0.717, 1.165) is 5.56 Å². The molecule has 0 radical (unpaired) electrons. The van der Waals surface area contributed by atoms with Gasteiger partial charge in [0.15, 0.2) is 11.6 Å². The highest BCUT2D eigenvalue weighted by Crippen LogP contribution is 2.08. The van der Waals surface area contributed by atoms with Crippen LogP contribution in [0.1, 0.15) is 36.3 Å². The number of ketones is 1. The molecular weight excluding hydrogens is 346 g/mol. The van der Waals surface area contributed by atoms with Gasteiger partial charge in [0.1, 0.15) is 0 Å². The van der Waals surface area contributed by atoms with Gasteiger partial charge in [-0.15, -0.1) is 5.10 Å². The minimum atomic E-state index is -1.45. The van der Waals surface area contributed by atoms with Crippen molar-refractivity contribution in [3.8, 4) is 6.07 Å². The summed E-state index contributed by atoms with van der Waals surface area (Å²) in [6.45, 7) is 5.12. The van der Waals surface area contributed by atoms with Crippen molar-refractivity contribution in [1.82, 2.24) is 20.3 Å². The molecule has 142 valence electrons. The third kappa shape index (κ3) is 6.31. The number of ether oxygens (including phenoxy) is 1. The van der Waals surface area contributed by atoms with Crippen LogP contribution in [0, 0.1) is 17.2 Å². The van der Waals surface area contributed by atoms with Crippen molar-refractivity contribution in [3.63, 3.8) is 0 Å². The van der Waals surface area contributed by atoms with Gasteiger partial charge >= 0.3 is 0 Å². The number of nitrogens with one attached hydrogen (secondary N) is 1. The highest BCUT2D eigenvalue weighted by Gasteiger charge is 2.29. The number of nitriles is 1. The largest absolute Gasteiger partial charge is 0.379 e. The molecule has 8 nitrogen and oxygen atoms in total. The highest BCUT2D eigenvalue weighted by molar-refractivity contribution is 6.11. The van der Waals surface area contributed by atoms with Crippen LogP contribution >= 0.6 is 0 Å². The molecule has 2 aromatic rings. The molecule has 0 spiro atoms. The maximum absolute atomic E-state index is 12.4. The lowest BCUT2D eigenvalue weighted by atomic mass is 10.0. The van der Waals surface area contributed by atoms with Crippen molar-refractivity contribution in [1.29, 1.82) is 5.26 Å². The van der Waals surface area contributed by atoms with E-state index >= 15 is 0 Å². The minimum absolute atomic E-state index is 0.00391. The summed E-state index contributed by atoms with van der Waals surface area (Å²) < 4.78 is 6.87. The number of hydrogen-bond donors (Lipinski definition) is 1. The van der Waals surface area contributed by atoms with Crippen molar-refractivity contribution >= 4 is 11.7 Å². The molecule has 27 heavy (non-hydrogen) atoms. The fraction of sp³-hybridized carbons (Fsp3) is 0.421. The second-order valence-corrected chi connectivity index (χ2v) is 6.28. The van der Waals surface area contributed by atoms with Gasteiger partial charge in [-0.3, -0.25) is 9.59 Å². The van der Waals surface area contributed by atoms with Crippen LogP contribution in [-0.2, 0) is 16.1 Å². The van der Waals surface area contributed by atoms with Crippen LogP contribution in [-0.4, -0.2) is 45.9 Å². The number of aromatic nitrogens is 3. The van der Waals surface area contributed by atoms with Crippen molar-refractivity contribution in [2.75, 3.05) is 13.2 Å². The summed E-state index contributed by atoms with van der Waals surface area (Å²) in [5, 5.41) is 19.5. The molecule has 0 saturated heterocycles. The number of Topliss-reactive ketones (excluding diaryl/α,β-unsaturated/α-hetero) is 1. The van der Waals surface area contributed by atoms with Gasteiger partial charge in [0.05, 0.1) is 24.9 Å². The second kappa shape index (κ2) is 10.2. The molecule has 0 aliphatic rings. The third-order valence-electron chi connectivity index (χ3n) is 3.70.